The zero-order chi connectivity index (χ0) is 36.5. The average Bonchev–Trinajstić information content (AvgIpc) is 3.87. The van der Waals surface area contributed by atoms with E-state index in [0.29, 0.717) is 8.88 Å². The van der Waals surface area contributed by atoms with Crippen LogP contribution in [0.25, 0.3) is 0 Å². The molecule has 0 aliphatic carbocycles. The largest absolute Gasteiger partial charge is 0.493 e. The number of nitrogens with zero attached hydrogens (tertiary/aromatic N) is 3. The van der Waals surface area contributed by atoms with Crippen LogP contribution in [0.2, 0.25) is 0 Å². The number of allylic oxidation sites excluding steroid dienone is 2. The van der Waals surface area contributed by atoms with E-state index in [9.17, 15) is 0 Å². The first-order chi connectivity index (χ1) is 23.6. The Morgan fingerprint density at radius 2 is 1.22 bits per heavy atom. The van der Waals surface area contributed by atoms with E-state index in [4.69, 9.17) is 14.0 Å². The third-order valence-corrected chi connectivity index (χ3v) is 10.0. The minimum atomic E-state index is -0.284. The number of aromatic nitrogens is 3. The van der Waals surface area contributed by atoms with Gasteiger partial charge in [0.15, 0.2) is 32.0 Å². The van der Waals surface area contributed by atoms with Crippen LogP contribution in [-0.2, 0) is 23.3 Å². The summed E-state index contributed by atoms with van der Waals surface area (Å²) in [6, 6.07) is 20.8. The van der Waals surface area contributed by atoms with Crippen molar-refractivity contribution in [1.82, 2.24) is 18.3 Å². The van der Waals surface area contributed by atoms with Crippen molar-refractivity contribution >= 4 is 17.8 Å². The van der Waals surface area contributed by atoms with Crippen molar-refractivity contribution in [2.24, 2.45) is 7.05 Å². The number of rotatable bonds is 8. The van der Waals surface area contributed by atoms with E-state index in [-0.39, 0.29) is 25.2 Å². The fourth-order valence-corrected chi connectivity index (χ4v) is 6.53. The summed E-state index contributed by atoms with van der Waals surface area (Å²) in [6.07, 6.45) is 17.6. The Bertz CT molecular complexity index is 1830. The molecule has 5 aromatic rings. The Labute approximate surface area is 303 Å². The highest BCUT2D eigenvalue weighted by atomic mass is 31.1. The standard InChI is InChI=1S/C28H36NO3P.C8H11N2P.C5H7N/c1-26(2,3)18-14-20-24(22(16-18)30-9)31-25-21(28(20,7)8)15-19(27(4,5)6)17-23(25)32-33-29-12-10-11-13-29;1-2-3-6-9-11-10-7-4-5-8-10;1-6-4-2-3-5-6/h10-17,33H,1-9H3;2-9,11H,1H2;2-5H,1H3/b;6-3-;. The van der Waals surface area contributed by atoms with Crippen molar-refractivity contribution in [2.75, 3.05) is 7.11 Å². The second-order valence-corrected chi connectivity index (χ2v) is 16.6. The van der Waals surface area contributed by atoms with E-state index >= 15 is 0 Å². The molecule has 0 saturated carbocycles. The predicted octanol–water partition coefficient (Wildman–Crippen LogP) is 11.1. The van der Waals surface area contributed by atoms with Gasteiger partial charge in [-0.2, -0.15) is 0 Å². The highest BCUT2D eigenvalue weighted by Crippen LogP contribution is 2.56. The number of methoxy groups -OCH3 is 1. The summed E-state index contributed by atoms with van der Waals surface area (Å²) < 4.78 is 24.9. The van der Waals surface area contributed by atoms with Gasteiger partial charge in [-0.1, -0.05) is 80.2 Å². The quantitative estimate of drug-likeness (QED) is 0.129. The lowest BCUT2D eigenvalue weighted by molar-refractivity contribution is 0.348. The molecule has 0 saturated heterocycles. The van der Waals surface area contributed by atoms with Gasteiger partial charge in [0, 0.05) is 67.0 Å². The molecule has 50 heavy (non-hydrogen) atoms. The van der Waals surface area contributed by atoms with Crippen molar-refractivity contribution in [1.29, 1.82) is 0 Å². The number of ether oxygens (including phenoxy) is 2. The second-order valence-electron chi connectivity index (χ2n) is 14.7. The maximum Gasteiger partial charge on any atom is 0.181 e. The van der Waals surface area contributed by atoms with Crippen molar-refractivity contribution < 1.29 is 14.0 Å². The van der Waals surface area contributed by atoms with Gasteiger partial charge in [-0.05, 0) is 76.6 Å². The highest BCUT2D eigenvalue weighted by Gasteiger charge is 2.40. The van der Waals surface area contributed by atoms with Crippen molar-refractivity contribution in [2.45, 2.75) is 71.6 Å². The summed E-state index contributed by atoms with van der Waals surface area (Å²) in [5, 5.41) is 3.13. The van der Waals surface area contributed by atoms with Gasteiger partial charge in [0.2, 0.25) is 0 Å². The number of aryl methyl sites for hydroxylation is 1. The lowest BCUT2D eigenvalue weighted by Gasteiger charge is -2.38. The third kappa shape index (κ3) is 9.96. The van der Waals surface area contributed by atoms with Gasteiger partial charge < -0.3 is 32.3 Å². The van der Waals surface area contributed by atoms with E-state index < -0.39 is 0 Å². The molecular formula is C41H54N4O3P2. The number of nitrogens with one attached hydrogen (secondary N) is 1. The fraction of sp³-hybridized carbons (Fsp3) is 0.317. The van der Waals surface area contributed by atoms with Gasteiger partial charge >= 0.3 is 0 Å². The third-order valence-electron chi connectivity index (χ3n) is 8.35. The van der Waals surface area contributed by atoms with E-state index in [2.05, 4.69) is 95.7 Å². The normalized spacial score (nSPS) is 13.6. The van der Waals surface area contributed by atoms with Crippen LogP contribution in [0.4, 0.5) is 0 Å². The molecule has 2 unspecified atom stereocenters. The summed E-state index contributed by atoms with van der Waals surface area (Å²) in [4.78, 5) is 0. The lowest BCUT2D eigenvalue weighted by atomic mass is 9.72. The monoisotopic (exact) mass is 712 g/mol. The Morgan fingerprint density at radius 3 is 1.68 bits per heavy atom. The van der Waals surface area contributed by atoms with Gasteiger partial charge in [-0.3, -0.25) is 0 Å². The average molecular weight is 713 g/mol. The molecule has 2 aromatic carbocycles. The van der Waals surface area contributed by atoms with Crippen LogP contribution in [0.1, 0.15) is 77.6 Å². The van der Waals surface area contributed by atoms with Gasteiger partial charge in [0.1, 0.15) is 0 Å². The molecule has 0 bridgehead atoms. The molecule has 4 heterocycles. The molecule has 0 spiro atoms. The summed E-state index contributed by atoms with van der Waals surface area (Å²) in [6.45, 7) is 21.5. The molecule has 1 N–H and O–H groups in total. The zero-order valence-electron chi connectivity index (χ0n) is 31.2. The number of hydrogen-bond acceptors (Lipinski definition) is 4. The van der Waals surface area contributed by atoms with Crippen LogP contribution in [0.3, 0.4) is 0 Å². The van der Waals surface area contributed by atoms with E-state index in [1.807, 2.05) is 102 Å². The lowest BCUT2D eigenvalue weighted by Crippen LogP contribution is -2.27. The molecule has 1 aliphatic rings. The van der Waals surface area contributed by atoms with Crippen molar-refractivity contribution in [3.05, 3.63) is 145 Å². The van der Waals surface area contributed by atoms with E-state index in [1.165, 1.54) is 11.1 Å². The molecule has 0 amide bonds. The minimum Gasteiger partial charge on any atom is -0.493 e. The van der Waals surface area contributed by atoms with Crippen LogP contribution < -0.4 is 19.1 Å². The molecule has 6 rings (SSSR count). The first-order valence-electron chi connectivity index (χ1n) is 16.8. The van der Waals surface area contributed by atoms with Crippen LogP contribution in [0.15, 0.2) is 123 Å². The summed E-state index contributed by atoms with van der Waals surface area (Å²) >= 11 is 0. The summed E-state index contributed by atoms with van der Waals surface area (Å²) in [7, 11) is 4.42. The molecule has 3 aromatic heterocycles. The first kappa shape index (κ1) is 38.6. The molecule has 0 radical (unpaired) electrons. The molecule has 7 nitrogen and oxygen atoms in total. The maximum atomic E-state index is 6.62. The Kier molecular flexibility index (Phi) is 12.9. The van der Waals surface area contributed by atoms with Gasteiger partial charge in [-0.15, -0.1) is 0 Å². The van der Waals surface area contributed by atoms with Gasteiger partial charge in [-0.25, -0.2) is 0 Å². The van der Waals surface area contributed by atoms with Crippen LogP contribution in [-0.4, -0.2) is 20.4 Å². The summed E-state index contributed by atoms with van der Waals surface area (Å²) in [5.74, 6) is 3.09. The maximum absolute atomic E-state index is 6.62. The predicted molar refractivity (Wildman–Crippen MR) is 214 cm³/mol. The van der Waals surface area contributed by atoms with Crippen LogP contribution in [0.5, 0.6) is 23.0 Å². The first-order valence-corrected chi connectivity index (χ1v) is 18.6. The van der Waals surface area contributed by atoms with Crippen molar-refractivity contribution in [3.63, 3.8) is 0 Å². The van der Waals surface area contributed by atoms with Crippen molar-refractivity contribution in [3.8, 4) is 23.0 Å². The Balaban J connectivity index is 0.000000269. The van der Waals surface area contributed by atoms with Crippen LogP contribution in [0, 0.1) is 0 Å². The van der Waals surface area contributed by atoms with E-state index in [0.717, 1.165) is 34.1 Å². The Morgan fingerprint density at radius 1 is 0.740 bits per heavy atom. The summed E-state index contributed by atoms with van der Waals surface area (Å²) in [5.41, 5.74) is 4.44. The highest BCUT2D eigenvalue weighted by molar-refractivity contribution is 7.33. The Hall–Kier alpha value is -4.18. The minimum absolute atomic E-state index is 0.00190. The smallest absolute Gasteiger partial charge is 0.181 e. The SMILES string of the molecule is C=C/C=C\NPn1cccc1.COc1cc(C(C)(C)C)cc2c1Oc1c(OPn3cccc3)cc(C(C)(C)C)cc1C2(C)C.Cn1cccc1. The molecule has 1 aliphatic heterocycles. The van der Waals surface area contributed by atoms with Gasteiger partial charge in [0.25, 0.3) is 0 Å². The molecule has 9 heteroatoms. The number of benzene rings is 2. The topological polar surface area (TPSA) is 54.5 Å². The molecule has 2 atom stereocenters. The molecular weight excluding hydrogens is 658 g/mol. The fourth-order valence-electron chi connectivity index (χ4n) is 5.24. The second kappa shape index (κ2) is 16.7. The molecule has 266 valence electrons. The van der Waals surface area contributed by atoms with E-state index in [1.54, 1.807) is 13.2 Å². The zero-order valence-corrected chi connectivity index (χ0v) is 33.2. The van der Waals surface area contributed by atoms with Gasteiger partial charge in [0.05, 0.1) is 16.0 Å². The molecule has 0 fully saturated rings. The van der Waals surface area contributed by atoms with Crippen LogP contribution >= 0.6 is 17.8 Å². The number of fused-ring (bicyclic) bond motifs is 2. The number of hydrogen-bond donors (Lipinski definition) is 1.